The van der Waals surface area contributed by atoms with Crippen molar-refractivity contribution in [1.82, 2.24) is 5.32 Å². The van der Waals surface area contributed by atoms with Crippen molar-refractivity contribution in [3.05, 3.63) is 35.6 Å². The number of rotatable bonds is 4. The highest BCUT2D eigenvalue weighted by atomic mass is 19.1. The van der Waals surface area contributed by atoms with Crippen molar-refractivity contribution in [2.45, 2.75) is 19.4 Å². The van der Waals surface area contributed by atoms with Crippen LogP contribution in [0.25, 0.3) is 0 Å². The van der Waals surface area contributed by atoms with Gasteiger partial charge in [0.25, 0.3) is 5.91 Å². The maximum absolute atomic E-state index is 13.2. The molecule has 86 valence electrons. The maximum atomic E-state index is 13.2. The molecule has 0 aliphatic carbocycles. The van der Waals surface area contributed by atoms with Crippen molar-refractivity contribution in [2.75, 3.05) is 0 Å². The Labute approximate surface area is 92.1 Å². The second kappa shape index (κ2) is 5.25. The summed E-state index contributed by atoms with van der Waals surface area (Å²) < 4.78 is 13.2. The molecule has 2 N–H and O–H groups in total. The highest BCUT2D eigenvalue weighted by molar-refractivity contribution is 5.96. The molecule has 0 radical (unpaired) electrons. The molecule has 1 rings (SSSR count). The van der Waals surface area contributed by atoms with E-state index in [1.807, 2.05) is 0 Å². The van der Waals surface area contributed by atoms with E-state index in [0.29, 0.717) is 0 Å². The van der Waals surface area contributed by atoms with Crippen molar-refractivity contribution >= 4 is 11.9 Å². The molecule has 1 aromatic rings. The summed E-state index contributed by atoms with van der Waals surface area (Å²) >= 11 is 0. The predicted molar refractivity (Wildman–Crippen MR) is 55.6 cm³/mol. The van der Waals surface area contributed by atoms with Gasteiger partial charge in [-0.3, -0.25) is 4.79 Å². The number of benzene rings is 1. The van der Waals surface area contributed by atoms with Gasteiger partial charge in [-0.1, -0.05) is 19.1 Å². The quantitative estimate of drug-likeness (QED) is 0.814. The second-order valence-electron chi connectivity index (χ2n) is 3.25. The normalized spacial score (nSPS) is 11.9. The summed E-state index contributed by atoms with van der Waals surface area (Å²) in [7, 11) is 0. The van der Waals surface area contributed by atoms with Gasteiger partial charge < -0.3 is 10.4 Å². The van der Waals surface area contributed by atoms with Crippen molar-refractivity contribution in [1.29, 1.82) is 0 Å². The van der Waals surface area contributed by atoms with Gasteiger partial charge in [0.15, 0.2) is 0 Å². The molecule has 16 heavy (non-hydrogen) atoms. The van der Waals surface area contributed by atoms with Crippen LogP contribution in [-0.4, -0.2) is 23.0 Å². The zero-order valence-corrected chi connectivity index (χ0v) is 8.74. The topological polar surface area (TPSA) is 66.4 Å². The van der Waals surface area contributed by atoms with Crippen LogP contribution in [0.4, 0.5) is 4.39 Å². The Kier molecular flexibility index (Phi) is 3.99. The van der Waals surface area contributed by atoms with Crippen LogP contribution in [0.3, 0.4) is 0 Å². The lowest BCUT2D eigenvalue weighted by molar-refractivity contribution is -0.139. The van der Waals surface area contributed by atoms with Gasteiger partial charge in [-0.25, -0.2) is 9.18 Å². The van der Waals surface area contributed by atoms with Crippen molar-refractivity contribution in [3.63, 3.8) is 0 Å². The molecule has 0 bridgehead atoms. The third-order valence-corrected chi connectivity index (χ3v) is 2.13. The number of carboxylic acids is 1. The lowest BCUT2D eigenvalue weighted by Crippen LogP contribution is -2.40. The number of amides is 1. The minimum absolute atomic E-state index is 0.151. The molecular weight excluding hydrogens is 213 g/mol. The summed E-state index contributed by atoms with van der Waals surface area (Å²) in [5, 5.41) is 11.0. The van der Waals surface area contributed by atoms with Crippen LogP contribution >= 0.6 is 0 Å². The summed E-state index contributed by atoms with van der Waals surface area (Å²) in [5.74, 6) is -2.51. The number of hydrogen-bond donors (Lipinski definition) is 2. The standard InChI is InChI=1S/C11H12FNO3/c1-2-9(11(15)16)13-10(14)7-5-3-4-6-8(7)12/h3-6,9H,2H2,1H3,(H,13,14)(H,15,16)/t9-/m1/s1. The van der Waals surface area contributed by atoms with E-state index in [1.54, 1.807) is 6.92 Å². The first-order valence-electron chi connectivity index (χ1n) is 4.84. The SMILES string of the molecule is CC[C@@H](NC(=O)c1ccccc1F)C(=O)O. The van der Waals surface area contributed by atoms with Crippen molar-refractivity contribution < 1.29 is 19.1 Å². The molecule has 0 saturated carbocycles. The van der Waals surface area contributed by atoms with E-state index in [4.69, 9.17) is 5.11 Å². The Hall–Kier alpha value is -1.91. The summed E-state index contributed by atoms with van der Waals surface area (Å²) in [6, 6.07) is 4.43. The fourth-order valence-electron chi connectivity index (χ4n) is 1.22. The minimum atomic E-state index is -1.13. The monoisotopic (exact) mass is 225 g/mol. The number of halogens is 1. The average Bonchev–Trinajstić information content (AvgIpc) is 2.25. The van der Waals surface area contributed by atoms with Gasteiger partial charge in [0.05, 0.1) is 5.56 Å². The number of hydrogen-bond acceptors (Lipinski definition) is 2. The minimum Gasteiger partial charge on any atom is -0.480 e. The third kappa shape index (κ3) is 2.79. The molecule has 0 spiro atoms. The van der Waals surface area contributed by atoms with Crippen molar-refractivity contribution in [3.8, 4) is 0 Å². The summed E-state index contributed by atoms with van der Waals surface area (Å²) in [6.45, 7) is 1.63. The molecule has 5 heteroatoms. The molecule has 1 atom stereocenters. The van der Waals surface area contributed by atoms with Gasteiger partial charge in [0.1, 0.15) is 11.9 Å². The lowest BCUT2D eigenvalue weighted by Gasteiger charge is -2.12. The first kappa shape index (κ1) is 12.2. The van der Waals surface area contributed by atoms with Gasteiger partial charge in [-0.05, 0) is 18.6 Å². The number of aliphatic carboxylic acids is 1. The molecule has 0 aliphatic rings. The fourth-order valence-corrected chi connectivity index (χ4v) is 1.22. The summed E-state index contributed by atoms with van der Waals surface area (Å²) in [4.78, 5) is 22.2. The van der Waals surface area contributed by atoms with Gasteiger partial charge in [0.2, 0.25) is 0 Å². The molecule has 1 amide bonds. The zero-order chi connectivity index (χ0) is 12.1. The zero-order valence-electron chi connectivity index (χ0n) is 8.74. The molecule has 4 nitrogen and oxygen atoms in total. The van der Waals surface area contributed by atoms with Crippen LogP contribution in [0.1, 0.15) is 23.7 Å². The highest BCUT2D eigenvalue weighted by Crippen LogP contribution is 2.06. The van der Waals surface area contributed by atoms with Crippen LogP contribution in [-0.2, 0) is 4.79 Å². The van der Waals surface area contributed by atoms with Crippen LogP contribution in [0.5, 0.6) is 0 Å². The van der Waals surface area contributed by atoms with Crippen LogP contribution in [0.15, 0.2) is 24.3 Å². The Morgan fingerprint density at radius 1 is 1.44 bits per heavy atom. The van der Waals surface area contributed by atoms with Gasteiger partial charge in [0, 0.05) is 0 Å². The molecule has 0 aliphatic heterocycles. The van der Waals surface area contributed by atoms with Gasteiger partial charge in [-0.15, -0.1) is 0 Å². The summed E-state index contributed by atoms with van der Waals surface area (Å²) in [6.07, 6.45) is 0.246. The number of carbonyl (C=O) groups is 2. The molecule has 0 fully saturated rings. The Bertz CT molecular complexity index is 406. The Morgan fingerprint density at radius 2 is 2.06 bits per heavy atom. The van der Waals surface area contributed by atoms with E-state index in [-0.39, 0.29) is 12.0 Å². The average molecular weight is 225 g/mol. The van der Waals surface area contributed by atoms with Crippen LogP contribution in [0.2, 0.25) is 0 Å². The molecule has 0 saturated heterocycles. The van der Waals surface area contributed by atoms with Gasteiger partial charge >= 0.3 is 5.97 Å². The lowest BCUT2D eigenvalue weighted by atomic mass is 10.1. The van der Waals surface area contributed by atoms with E-state index in [1.165, 1.54) is 18.2 Å². The van der Waals surface area contributed by atoms with Crippen molar-refractivity contribution in [2.24, 2.45) is 0 Å². The molecule has 0 heterocycles. The van der Waals surface area contributed by atoms with E-state index in [0.717, 1.165) is 6.07 Å². The molecule has 0 unspecified atom stereocenters. The number of nitrogens with one attached hydrogen (secondary N) is 1. The predicted octanol–water partition coefficient (Wildman–Crippen LogP) is 1.42. The smallest absolute Gasteiger partial charge is 0.326 e. The second-order valence-corrected chi connectivity index (χ2v) is 3.25. The van der Waals surface area contributed by atoms with E-state index in [9.17, 15) is 14.0 Å². The van der Waals surface area contributed by atoms with E-state index in [2.05, 4.69) is 5.32 Å². The number of carbonyl (C=O) groups excluding carboxylic acids is 1. The van der Waals surface area contributed by atoms with E-state index >= 15 is 0 Å². The van der Waals surface area contributed by atoms with E-state index < -0.39 is 23.7 Å². The largest absolute Gasteiger partial charge is 0.480 e. The van der Waals surface area contributed by atoms with Gasteiger partial charge in [-0.2, -0.15) is 0 Å². The molecule has 0 aromatic heterocycles. The maximum Gasteiger partial charge on any atom is 0.326 e. The van der Waals surface area contributed by atoms with Crippen LogP contribution in [0, 0.1) is 5.82 Å². The Balaban J connectivity index is 2.80. The molecule has 1 aromatic carbocycles. The fraction of sp³-hybridized carbons (Fsp3) is 0.273. The molecular formula is C11H12FNO3. The highest BCUT2D eigenvalue weighted by Gasteiger charge is 2.19. The third-order valence-electron chi connectivity index (χ3n) is 2.13. The number of carboxylic acid groups (broad SMARTS) is 1. The first-order valence-corrected chi connectivity index (χ1v) is 4.84. The first-order chi connectivity index (χ1) is 7.56. The summed E-state index contributed by atoms with van der Waals surface area (Å²) in [5.41, 5.74) is -0.151. The van der Waals surface area contributed by atoms with Crippen LogP contribution < -0.4 is 5.32 Å². The Morgan fingerprint density at radius 3 is 2.56 bits per heavy atom.